The van der Waals surface area contributed by atoms with Crippen molar-refractivity contribution in [3.63, 3.8) is 0 Å². The second kappa shape index (κ2) is 9.43. The number of aromatic nitrogens is 5. The van der Waals surface area contributed by atoms with Crippen molar-refractivity contribution in [3.05, 3.63) is 63.3 Å². The number of hydrogen-bond donors (Lipinski definition) is 3. The molecule has 0 atom stereocenters. The summed E-state index contributed by atoms with van der Waals surface area (Å²) >= 11 is 6.29. The zero-order valence-electron chi connectivity index (χ0n) is 18.9. The molecular formula is C22H20ClN7O5. The molecule has 0 aliphatic rings. The Kier molecular flexibility index (Phi) is 6.38. The number of carboxylic acid groups (broad SMARTS) is 1. The van der Waals surface area contributed by atoms with Crippen LogP contribution in [-0.2, 0) is 11.8 Å². The third-order valence-electron chi connectivity index (χ3n) is 5.12. The molecule has 0 bridgehead atoms. The Morgan fingerprint density at radius 1 is 1.23 bits per heavy atom. The number of fused-ring (bicyclic) bond motifs is 1. The van der Waals surface area contributed by atoms with Crippen molar-refractivity contribution in [2.24, 2.45) is 7.05 Å². The minimum Gasteiger partial charge on any atom is -0.478 e. The van der Waals surface area contributed by atoms with Crippen molar-refractivity contribution in [1.29, 1.82) is 0 Å². The fourth-order valence-corrected chi connectivity index (χ4v) is 3.45. The highest BCUT2D eigenvalue weighted by Gasteiger charge is 2.16. The number of nitrogens with one attached hydrogen (secondary N) is 2. The maximum absolute atomic E-state index is 12.6. The fourth-order valence-electron chi connectivity index (χ4n) is 3.32. The van der Waals surface area contributed by atoms with Gasteiger partial charge in [0.15, 0.2) is 23.9 Å². The highest BCUT2D eigenvalue weighted by Crippen LogP contribution is 2.27. The van der Waals surface area contributed by atoms with Crippen LogP contribution < -0.4 is 20.9 Å². The summed E-state index contributed by atoms with van der Waals surface area (Å²) < 4.78 is 8.12. The molecule has 3 N–H and O–H groups in total. The van der Waals surface area contributed by atoms with Gasteiger partial charge in [-0.2, -0.15) is 10.1 Å². The number of anilines is 2. The van der Waals surface area contributed by atoms with E-state index in [0.717, 1.165) is 0 Å². The molecule has 0 spiro atoms. The normalized spacial score (nSPS) is 10.9. The zero-order valence-corrected chi connectivity index (χ0v) is 19.6. The predicted molar refractivity (Wildman–Crippen MR) is 128 cm³/mol. The Labute approximate surface area is 203 Å². The number of rotatable bonds is 7. The molecule has 0 aliphatic carbocycles. The SMILES string of the molecule is CNC(=O)COc1cc2cc(Nc3nc(-n4nc(C(=O)O)cc4C)ncc3Cl)ccc2n(C)c1=O. The van der Waals surface area contributed by atoms with Gasteiger partial charge in [-0.15, -0.1) is 0 Å². The van der Waals surface area contributed by atoms with Gasteiger partial charge in [-0.3, -0.25) is 9.59 Å². The number of aryl methyl sites for hydroxylation is 2. The second-order valence-electron chi connectivity index (χ2n) is 7.49. The van der Waals surface area contributed by atoms with Crippen LogP contribution in [0.15, 0.2) is 41.3 Å². The first-order valence-corrected chi connectivity index (χ1v) is 10.6. The van der Waals surface area contributed by atoms with Crippen molar-refractivity contribution in [1.82, 2.24) is 29.6 Å². The standard InChI is InChI=1S/C22H20ClN7O5/c1-11-6-15(21(33)34)28-30(11)22-25-9-14(23)19(27-22)26-13-4-5-16-12(7-13)8-17(20(32)29(16)3)35-10-18(31)24-2/h4-9H,10H2,1-3H3,(H,24,31)(H,33,34)(H,25,26,27). The van der Waals surface area contributed by atoms with Gasteiger partial charge in [0, 0.05) is 30.9 Å². The van der Waals surface area contributed by atoms with Gasteiger partial charge in [0.25, 0.3) is 17.4 Å². The van der Waals surface area contributed by atoms with Crippen LogP contribution in [-0.4, -0.2) is 55.0 Å². The van der Waals surface area contributed by atoms with E-state index in [0.29, 0.717) is 22.3 Å². The van der Waals surface area contributed by atoms with E-state index in [1.807, 2.05) is 0 Å². The summed E-state index contributed by atoms with van der Waals surface area (Å²) in [7, 11) is 3.08. The van der Waals surface area contributed by atoms with Crippen LogP contribution in [0.1, 0.15) is 16.2 Å². The van der Waals surface area contributed by atoms with Crippen LogP contribution >= 0.6 is 11.6 Å². The predicted octanol–water partition coefficient (Wildman–Crippen LogP) is 2.04. The molecule has 13 heteroatoms. The van der Waals surface area contributed by atoms with Gasteiger partial charge < -0.3 is 25.0 Å². The molecule has 4 aromatic rings. The molecule has 1 amide bonds. The lowest BCUT2D eigenvalue weighted by atomic mass is 10.2. The smallest absolute Gasteiger partial charge is 0.356 e. The monoisotopic (exact) mass is 497 g/mol. The van der Waals surface area contributed by atoms with Crippen molar-refractivity contribution in [3.8, 4) is 11.7 Å². The molecule has 180 valence electrons. The number of nitrogens with zero attached hydrogens (tertiary/aromatic N) is 5. The number of carboxylic acids is 1. The summed E-state index contributed by atoms with van der Waals surface area (Å²) in [5.41, 5.74) is 1.27. The van der Waals surface area contributed by atoms with Crippen molar-refractivity contribution >= 4 is 45.9 Å². The number of hydrogen-bond acceptors (Lipinski definition) is 8. The summed E-state index contributed by atoms with van der Waals surface area (Å²) in [6.45, 7) is 1.40. The van der Waals surface area contributed by atoms with E-state index in [1.165, 1.54) is 28.6 Å². The van der Waals surface area contributed by atoms with Crippen molar-refractivity contribution < 1.29 is 19.4 Å². The molecular weight excluding hydrogens is 478 g/mol. The molecule has 0 saturated carbocycles. The zero-order chi connectivity index (χ0) is 25.3. The molecule has 3 heterocycles. The average molecular weight is 498 g/mol. The molecule has 12 nitrogen and oxygen atoms in total. The number of benzene rings is 1. The van der Waals surface area contributed by atoms with Crippen LogP contribution in [0.5, 0.6) is 5.75 Å². The van der Waals surface area contributed by atoms with Gasteiger partial charge in [-0.1, -0.05) is 11.6 Å². The Bertz CT molecular complexity index is 1530. The van der Waals surface area contributed by atoms with Gasteiger partial charge in [0.1, 0.15) is 5.02 Å². The van der Waals surface area contributed by atoms with Gasteiger partial charge in [0.05, 0.1) is 11.7 Å². The number of likely N-dealkylation sites (N-methyl/N-ethyl adjacent to an activating group) is 1. The number of pyridine rings is 1. The number of amides is 1. The van der Waals surface area contributed by atoms with Crippen LogP contribution in [0, 0.1) is 6.92 Å². The highest BCUT2D eigenvalue weighted by atomic mass is 35.5. The van der Waals surface area contributed by atoms with Gasteiger partial charge >= 0.3 is 5.97 Å². The first-order chi connectivity index (χ1) is 16.7. The number of ether oxygens (including phenoxy) is 1. The van der Waals surface area contributed by atoms with Gasteiger partial charge in [0.2, 0.25) is 0 Å². The van der Waals surface area contributed by atoms with Gasteiger partial charge in [-0.05, 0) is 37.3 Å². The molecule has 0 radical (unpaired) electrons. The molecule has 0 aliphatic heterocycles. The van der Waals surface area contributed by atoms with E-state index in [4.69, 9.17) is 16.3 Å². The van der Waals surface area contributed by atoms with Crippen LogP contribution in [0.2, 0.25) is 5.02 Å². The summed E-state index contributed by atoms with van der Waals surface area (Å²) in [6.07, 6.45) is 1.38. The summed E-state index contributed by atoms with van der Waals surface area (Å²) in [5, 5.41) is 19.6. The first-order valence-electron chi connectivity index (χ1n) is 10.2. The van der Waals surface area contributed by atoms with E-state index in [-0.39, 0.29) is 46.3 Å². The Morgan fingerprint density at radius 3 is 2.69 bits per heavy atom. The molecule has 0 saturated heterocycles. The second-order valence-corrected chi connectivity index (χ2v) is 7.89. The Hall–Kier alpha value is -4.45. The lowest BCUT2D eigenvalue weighted by Gasteiger charge is -2.13. The van der Waals surface area contributed by atoms with Crippen LogP contribution in [0.4, 0.5) is 11.5 Å². The first kappa shape index (κ1) is 23.7. The summed E-state index contributed by atoms with van der Waals surface area (Å²) in [6, 6.07) is 8.21. The van der Waals surface area contributed by atoms with E-state index >= 15 is 0 Å². The van der Waals surface area contributed by atoms with E-state index in [1.54, 1.807) is 38.2 Å². The lowest BCUT2D eigenvalue weighted by molar-refractivity contribution is -0.122. The fraction of sp³-hybridized carbons (Fsp3) is 0.182. The topological polar surface area (TPSA) is 153 Å². The van der Waals surface area contributed by atoms with Gasteiger partial charge in [-0.25, -0.2) is 14.5 Å². The molecule has 1 aromatic carbocycles. The number of carbonyl (C=O) groups excluding carboxylic acids is 1. The molecule has 4 rings (SSSR count). The lowest BCUT2D eigenvalue weighted by Crippen LogP contribution is -2.27. The maximum Gasteiger partial charge on any atom is 0.356 e. The number of aromatic carboxylic acids is 1. The Balaban J connectivity index is 1.68. The van der Waals surface area contributed by atoms with E-state index in [2.05, 4.69) is 25.7 Å². The van der Waals surface area contributed by atoms with Crippen molar-refractivity contribution in [2.75, 3.05) is 19.0 Å². The molecule has 35 heavy (non-hydrogen) atoms. The largest absolute Gasteiger partial charge is 0.478 e. The highest BCUT2D eigenvalue weighted by molar-refractivity contribution is 6.32. The molecule has 3 aromatic heterocycles. The quantitative estimate of drug-likeness (QED) is 0.348. The summed E-state index contributed by atoms with van der Waals surface area (Å²) in [5.74, 6) is -1.09. The number of carbonyl (C=O) groups is 2. The molecule has 0 unspecified atom stereocenters. The third kappa shape index (κ3) is 4.77. The number of halogens is 1. The van der Waals surface area contributed by atoms with E-state index in [9.17, 15) is 19.5 Å². The molecule has 0 fully saturated rings. The van der Waals surface area contributed by atoms with E-state index < -0.39 is 5.97 Å². The average Bonchev–Trinajstić information content (AvgIpc) is 3.23. The minimum absolute atomic E-state index is 0.0338. The summed E-state index contributed by atoms with van der Waals surface area (Å²) in [4.78, 5) is 43.8. The third-order valence-corrected chi connectivity index (χ3v) is 5.40. The van der Waals surface area contributed by atoms with Crippen LogP contribution in [0.3, 0.4) is 0 Å². The van der Waals surface area contributed by atoms with Crippen LogP contribution in [0.25, 0.3) is 16.9 Å². The maximum atomic E-state index is 12.6. The Morgan fingerprint density at radius 2 is 2.00 bits per heavy atom. The van der Waals surface area contributed by atoms with Crippen molar-refractivity contribution in [2.45, 2.75) is 6.92 Å². The minimum atomic E-state index is -1.16.